The Balaban J connectivity index is 2.34. The Labute approximate surface area is 107 Å². The Hall–Kier alpha value is -1.49. The number of nitrogens with zero attached hydrogens (tertiary/aromatic N) is 1. The van der Waals surface area contributed by atoms with Crippen molar-refractivity contribution in [1.82, 2.24) is 0 Å². The minimum Gasteiger partial charge on any atom is -0.465 e. The first kappa shape index (κ1) is 12.0. The van der Waals surface area contributed by atoms with Crippen LogP contribution in [0.25, 0.3) is 0 Å². The predicted octanol–water partition coefficient (Wildman–Crippen LogP) is 2.53. The van der Waals surface area contributed by atoms with Crippen molar-refractivity contribution in [1.29, 1.82) is 0 Å². The highest BCUT2D eigenvalue weighted by Crippen LogP contribution is 2.29. The third-order valence-corrected chi connectivity index (χ3v) is 2.90. The Morgan fingerprint density at radius 1 is 1.53 bits per heavy atom. The number of carbonyl (C=O) groups excluding carboxylic acids is 2. The number of rotatable bonds is 2. The average molecular weight is 296 g/mol. The Bertz CT molecular complexity index is 510. The maximum Gasteiger partial charge on any atom is 0.322 e. The Kier molecular flexibility index (Phi) is 3.38. The van der Waals surface area contributed by atoms with Crippen molar-refractivity contribution in [3.05, 3.63) is 28.2 Å². The molecule has 1 heterocycles. The molecule has 17 heavy (non-hydrogen) atoms. The lowest BCUT2D eigenvalue weighted by molar-refractivity contribution is -0.143. The highest BCUT2D eigenvalue weighted by molar-refractivity contribution is 9.10. The van der Waals surface area contributed by atoms with Gasteiger partial charge in [0.1, 0.15) is 0 Å². The fourth-order valence-electron chi connectivity index (χ4n) is 1.61. The van der Waals surface area contributed by atoms with Crippen molar-refractivity contribution in [2.75, 3.05) is 6.61 Å². The van der Waals surface area contributed by atoms with Crippen LogP contribution in [0.4, 0.5) is 5.69 Å². The van der Waals surface area contributed by atoms with Gasteiger partial charge in [-0.2, -0.15) is 0 Å². The van der Waals surface area contributed by atoms with Gasteiger partial charge in [0.25, 0.3) is 0 Å². The van der Waals surface area contributed by atoms with Crippen LogP contribution in [0, 0.1) is 5.92 Å². The summed E-state index contributed by atoms with van der Waals surface area (Å²) in [4.78, 5) is 27.7. The largest absolute Gasteiger partial charge is 0.465 e. The molecule has 2 rings (SSSR count). The van der Waals surface area contributed by atoms with Gasteiger partial charge >= 0.3 is 5.97 Å². The van der Waals surface area contributed by atoms with E-state index in [9.17, 15) is 9.59 Å². The third-order valence-electron chi connectivity index (χ3n) is 2.41. The van der Waals surface area contributed by atoms with E-state index < -0.39 is 11.9 Å². The van der Waals surface area contributed by atoms with Gasteiger partial charge < -0.3 is 4.74 Å². The minimum absolute atomic E-state index is 0.254. The molecule has 0 amide bonds. The van der Waals surface area contributed by atoms with Crippen LogP contribution in [0.2, 0.25) is 0 Å². The van der Waals surface area contributed by atoms with Crippen LogP contribution >= 0.6 is 15.9 Å². The summed E-state index contributed by atoms with van der Waals surface area (Å²) < 4.78 is 5.67. The van der Waals surface area contributed by atoms with E-state index in [2.05, 4.69) is 20.9 Å². The van der Waals surface area contributed by atoms with Crippen molar-refractivity contribution in [3.8, 4) is 0 Å². The van der Waals surface area contributed by atoms with Gasteiger partial charge in [-0.15, -0.1) is 0 Å². The summed E-state index contributed by atoms with van der Waals surface area (Å²) in [6, 6.07) is 5.15. The summed E-state index contributed by atoms with van der Waals surface area (Å²) in [5.74, 6) is -1.72. The Morgan fingerprint density at radius 2 is 2.29 bits per heavy atom. The summed E-state index contributed by atoms with van der Waals surface area (Å²) in [6.45, 7) is 1.96. The van der Waals surface area contributed by atoms with Gasteiger partial charge in [-0.1, -0.05) is 15.9 Å². The third kappa shape index (κ3) is 2.29. The van der Waals surface area contributed by atoms with E-state index in [1.165, 1.54) is 6.21 Å². The Morgan fingerprint density at radius 3 is 3.00 bits per heavy atom. The minimum atomic E-state index is -0.913. The highest BCUT2D eigenvalue weighted by Gasteiger charge is 2.31. The summed E-state index contributed by atoms with van der Waals surface area (Å²) in [6.07, 6.45) is 1.34. The number of benzene rings is 1. The van der Waals surface area contributed by atoms with Crippen LogP contribution in [-0.2, 0) is 9.53 Å². The number of esters is 1. The molecule has 0 radical (unpaired) electrons. The average Bonchev–Trinajstić information content (AvgIpc) is 2.29. The number of hydrogen-bond acceptors (Lipinski definition) is 4. The van der Waals surface area contributed by atoms with E-state index in [0.29, 0.717) is 11.3 Å². The van der Waals surface area contributed by atoms with Crippen molar-refractivity contribution >= 4 is 39.6 Å². The predicted molar refractivity (Wildman–Crippen MR) is 66.7 cm³/mol. The van der Waals surface area contributed by atoms with Crippen LogP contribution in [0.1, 0.15) is 17.3 Å². The zero-order chi connectivity index (χ0) is 12.4. The summed E-state index contributed by atoms with van der Waals surface area (Å²) in [7, 11) is 0. The number of hydrogen-bond donors (Lipinski definition) is 0. The molecule has 0 unspecified atom stereocenters. The molecular weight excluding hydrogens is 286 g/mol. The lowest BCUT2D eigenvalue weighted by atomic mass is 9.95. The number of Topliss-reactive ketones (excluding diaryl/α,β-unsaturated/α-hetero) is 1. The number of fused-ring (bicyclic) bond motifs is 1. The quantitative estimate of drug-likeness (QED) is 0.622. The first-order chi connectivity index (χ1) is 8.13. The van der Waals surface area contributed by atoms with Gasteiger partial charge in [0, 0.05) is 16.3 Å². The van der Waals surface area contributed by atoms with E-state index in [1.54, 1.807) is 25.1 Å². The van der Waals surface area contributed by atoms with Gasteiger partial charge in [-0.3, -0.25) is 14.6 Å². The van der Waals surface area contributed by atoms with E-state index in [0.717, 1.165) is 4.47 Å². The second-order valence-electron chi connectivity index (χ2n) is 3.53. The molecule has 0 spiro atoms. The van der Waals surface area contributed by atoms with Crippen molar-refractivity contribution in [2.24, 2.45) is 10.9 Å². The van der Waals surface area contributed by atoms with E-state index in [1.807, 2.05) is 0 Å². The van der Waals surface area contributed by atoms with Gasteiger partial charge in [0.05, 0.1) is 12.3 Å². The van der Waals surface area contributed by atoms with E-state index >= 15 is 0 Å². The molecule has 0 aromatic heterocycles. The SMILES string of the molecule is CCOC(=O)[C@@H]1C=Nc2cc(Br)ccc2C1=O. The smallest absolute Gasteiger partial charge is 0.322 e. The fraction of sp³-hybridized carbons (Fsp3) is 0.250. The monoisotopic (exact) mass is 295 g/mol. The molecule has 1 atom stereocenters. The van der Waals surface area contributed by atoms with Crippen molar-refractivity contribution in [3.63, 3.8) is 0 Å². The standard InChI is InChI=1S/C12H10BrNO3/c1-2-17-12(16)9-6-14-10-5-7(13)3-4-8(10)11(9)15/h3-6,9H,2H2,1H3/t9-/m1/s1. The summed E-state index contributed by atoms with van der Waals surface area (Å²) in [5, 5.41) is 0. The van der Waals surface area contributed by atoms with E-state index in [4.69, 9.17) is 4.74 Å². The molecule has 0 saturated carbocycles. The topological polar surface area (TPSA) is 55.7 Å². The summed E-state index contributed by atoms with van der Waals surface area (Å²) in [5.41, 5.74) is 1.03. The number of ether oxygens (including phenoxy) is 1. The molecule has 88 valence electrons. The van der Waals surface area contributed by atoms with Gasteiger partial charge in [-0.05, 0) is 25.1 Å². The van der Waals surface area contributed by atoms with E-state index in [-0.39, 0.29) is 12.4 Å². The fourth-order valence-corrected chi connectivity index (χ4v) is 1.96. The molecule has 0 N–H and O–H groups in total. The zero-order valence-electron chi connectivity index (χ0n) is 9.14. The number of aliphatic imine (C=N–C) groups is 1. The molecule has 5 heteroatoms. The molecular formula is C12H10BrNO3. The lowest BCUT2D eigenvalue weighted by Crippen LogP contribution is -2.29. The normalized spacial score (nSPS) is 17.8. The number of ketones is 1. The van der Waals surface area contributed by atoms with Crippen LogP contribution in [0.5, 0.6) is 0 Å². The summed E-state index contributed by atoms with van der Waals surface area (Å²) >= 11 is 3.30. The number of carbonyl (C=O) groups is 2. The molecule has 0 bridgehead atoms. The van der Waals surface area contributed by atoms with Crippen LogP contribution < -0.4 is 0 Å². The molecule has 4 nitrogen and oxygen atoms in total. The van der Waals surface area contributed by atoms with Gasteiger partial charge in [0.2, 0.25) is 0 Å². The van der Waals surface area contributed by atoms with Crippen LogP contribution in [0.3, 0.4) is 0 Å². The van der Waals surface area contributed by atoms with Gasteiger partial charge in [0.15, 0.2) is 11.7 Å². The molecule has 0 aliphatic carbocycles. The van der Waals surface area contributed by atoms with Crippen LogP contribution in [0.15, 0.2) is 27.7 Å². The highest BCUT2D eigenvalue weighted by atomic mass is 79.9. The van der Waals surface area contributed by atoms with Gasteiger partial charge in [-0.25, -0.2) is 0 Å². The van der Waals surface area contributed by atoms with Crippen molar-refractivity contribution in [2.45, 2.75) is 6.92 Å². The zero-order valence-corrected chi connectivity index (χ0v) is 10.7. The van der Waals surface area contributed by atoms with Crippen molar-refractivity contribution < 1.29 is 14.3 Å². The maximum absolute atomic E-state index is 12.0. The second kappa shape index (κ2) is 4.79. The first-order valence-electron chi connectivity index (χ1n) is 5.18. The lowest BCUT2D eigenvalue weighted by Gasteiger charge is -2.16. The maximum atomic E-state index is 12.0. The second-order valence-corrected chi connectivity index (χ2v) is 4.45. The first-order valence-corrected chi connectivity index (χ1v) is 5.97. The molecule has 1 aliphatic rings. The number of halogens is 1. The molecule has 0 saturated heterocycles. The molecule has 1 aliphatic heterocycles. The van der Waals surface area contributed by atoms with Crippen LogP contribution in [-0.4, -0.2) is 24.6 Å². The molecule has 0 fully saturated rings. The molecule has 1 aromatic carbocycles. The molecule has 1 aromatic rings.